The maximum absolute atomic E-state index is 11.2. The predicted octanol–water partition coefficient (Wildman–Crippen LogP) is 4.17. The molecule has 0 aliphatic carbocycles. The van der Waals surface area contributed by atoms with Crippen LogP contribution >= 0.6 is 0 Å². The number of ether oxygens (including phenoxy) is 1. The molecule has 27 heavy (non-hydrogen) atoms. The van der Waals surface area contributed by atoms with Gasteiger partial charge in [0.25, 0.3) is 0 Å². The van der Waals surface area contributed by atoms with E-state index in [0.29, 0.717) is 30.8 Å². The van der Waals surface area contributed by atoms with Gasteiger partial charge in [-0.25, -0.2) is 4.79 Å². The van der Waals surface area contributed by atoms with Gasteiger partial charge in [0.05, 0.1) is 6.61 Å². The van der Waals surface area contributed by atoms with Crippen molar-refractivity contribution in [2.24, 2.45) is 0 Å². The van der Waals surface area contributed by atoms with Gasteiger partial charge in [-0.3, -0.25) is 0 Å². The topological polar surface area (TPSA) is 62.1 Å². The summed E-state index contributed by atoms with van der Waals surface area (Å²) in [6.07, 6.45) is 0.609. The van der Waals surface area contributed by atoms with E-state index in [1.807, 2.05) is 36.4 Å². The van der Waals surface area contributed by atoms with Crippen molar-refractivity contribution >= 4 is 18.6 Å². The maximum Gasteiger partial charge on any atom is 2.00 e. The van der Waals surface area contributed by atoms with Crippen LogP contribution in [0.1, 0.15) is 29.7 Å². The number of esters is 1. The van der Waals surface area contributed by atoms with E-state index in [-0.39, 0.29) is 32.3 Å². The second-order valence-electron chi connectivity index (χ2n) is 5.81. The van der Waals surface area contributed by atoms with Gasteiger partial charge in [-0.1, -0.05) is 71.8 Å². The number of carbonyl (C=O) groups excluding carboxylic acids is 1. The van der Waals surface area contributed by atoms with E-state index in [1.165, 1.54) is 11.1 Å². The molecule has 0 saturated carbocycles. The van der Waals surface area contributed by atoms with Gasteiger partial charge >= 0.3 is 27.0 Å². The number of rotatable bonds is 4. The summed E-state index contributed by atoms with van der Waals surface area (Å²) in [5.41, 5.74) is 10.7. The van der Waals surface area contributed by atoms with Gasteiger partial charge in [0, 0.05) is 12.1 Å². The van der Waals surface area contributed by atoms with E-state index in [0.717, 1.165) is 6.54 Å². The molecule has 4 nitrogen and oxygen atoms in total. The molecule has 0 amide bonds. The average Bonchev–Trinajstić information content (AvgIpc) is 2.70. The first kappa shape index (κ1) is 23.5. The van der Waals surface area contributed by atoms with E-state index in [2.05, 4.69) is 29.6 Å². The molecule has 0 atom stereocenters. The van der Waals surface area contributed by atoms with Crippen LogP contribution in [0.25, 0.3) is 5.73 Å². The van der Waals surface area contributed by atoms with Crippen molar-refractivity contribution in [1.29, 1.82) is 0 Å². The first-order chi connectivity index (χ1) is 12.6. The molecule has 0 saturated heterocycles. The molecular weight excluding hydrogens is 528 g/mol. The molecular formula is C21H24N2O2SW. The van der Waals surface area contributed by atoms with Gasteiger partial charge in [-0.15, -0.1) is 10.9 Å². The Hall–Kier alpha value is -1.55. The standard InChI is InChI=1S/C13H12S.C8H14N2O2.W/c14-13(11-7-3-1-4-8-11)12-9-5-2-6-10-12;1-2-12-8(11)6-3-4-10-5-7(6)9;/h1-10,13-14H;10H,2-5H2,1H3,(H2,9,11);/q;;+2/p-2. The fourth-order valence-electron chi connectivity index (χ4n) is 2.58. The van der Waals surface area contributed by atoms with E-state index in [4.69, 9.17) is 23.1 Å². The van der Waals surface area contributed by atoms with Crippen LogP contribution in [0.15, 0.2) is 71.9 Å². The predicted molar refractivity (Wildman–Crippen MR) is 108 cm³/mol. The second-order valence-corrected chi connectivity index (χ2v) is 6.28. The van der Waals surface area contributed by atoms with Crippen molar-refractivity contribution in [3.63, 3.8) is 0 Å². The molecule has 0 unspecified atom stereocenters. The SMILES string of the molecule is CCOC(=O)C1=C([NH-])CNCC1.[S-]C(c1ccccc1)c1ccccc1.[W+2]. The quantitative estimate of drug-likeness (QED) is 0.457. The summed E-state index contributed by atoms with van der Waals surface area (Å²) >= 11 is 5.47. The van der Waals surface area contributed by atoms with E-state index < -0.39 is 0 Å². The summed E-state index contributed by atoms with van der Waals surface area (Å²) in [7, 11) is 0. The zero-order valence-electron chi connectivity index (χ0n) is 15.3. The fraction of sp³-hybridized carbons (Fsp3) is 0.286. The summed E-state index contributed by atoms with van der Waals surface area (Å²) in [5, 5.41) is 3.08. The Morgan fingerprint density at radius 1 is 1.11 bits per heavy atom. The van der Waals surface area contributed by atoms with Gasteiger partial charge in [-0.2, -0.15) is 0 Å². The monoisotopic (exact) mass is 552 g/mol. The molecule has 1 aliphatic rings. The van der Waals surface area contributed by atoms with Gasteiger partial charge < -0.3 is 28.4 Å². The van der Waals surface area contributed by atoms with Gasteiger partial charge in [0.15, 0.2) is 0 Å². The molecule has 0 aromatic heterocycles. The smallest absolute Gasteiger partial charge is 0.780 e. The molecule has 1 heterocycles. The first-order valence-corrected chi connectivity index (χ1v) is 9.17. The Bertz CT molecular complexity index is 684. The number of hydrogen-bond acceptors (Lipinski definition) is 4. The summed E-state index contributed by atoms with van der Waals surface area (Å²) in [6, 6.07) is 20.4. The minimum atomic E-state index is -0.330. The number of hydrogen-bond donors (Lipinski definition) is 1. The largest absolute Gasteiger partial charge is 2.00 e. The van der Waals surface area contributed by atoms with Crippen molar-refractivity contribution in [2.45, 2.75) is 18.6 Å². The zero-order chi connectivity index (χ0) is 18.8. The van der Waals surface area contributed by atoms with Crippen molar-refractivity contribution in [3.05, 3.63) is 88.8 Å². The minimum absolute atomic E-state index is 0. The Balaban J connectivity index is 0.000000264. The van der Waals surface area contributed by atoms with Gasteiger partial charge in [0.1, 0.15) is 0 Å². The van der Waals surface area contributed by atoms with Gasteiger partial charge in [0.2, 0.25) is 0 Å². The summed E-state index contributed by atoms with van der Waals surface area (Å²) in [6.45, 7) is 3.39. The molecule has 2 N–H and O–H groups in total. The molecule has 0 bridgehead atoms. The Morgan fingerprint density at radius 2 is 1.63 bits per heavy atom. The number of nitrogens with one attached hydrogen (secondary N) is 2. The third-order valence-electron chi connectivity index (χ3n) is 3.94. The zero-order valence-corrected chi connectivity index (χ0v) is 19.1. The Labute approximate surface area is 181 Å². The van der Waals surface area contributed by atoms with Crippen LogP contribution in [0, 0.1) is 0 Å². The first-order valence-electron chi connectivity index (χ1n) is 8.70. The van der Waals surface area contributed by atoms with Crippen LogP contribution in [0.2, 0.25) is 0 Å². The average molecular weight is 552 g/mol. The van der Waals surface area contributed by atoms with Crippen LogP contribution in [-0.4, -0.2) is 25.7 Å². The van der Waals surface area contributed by atoms with E-state index >= 15 is 0 Å². The van der Waals surface area contributed by atoms with Crippen LogP contribution in [0.4, 0.5) is 0 Å². The molecule has 0 spiro atoms. The van der Waals surface area contributed by atoms with Crippen molar-refractivity contribution in [1.82, 2.24) is 5.32 Å². The molecule has 0 fully saturated rings. The third kappa shape index (κ3) is 7.53. The molecule has 0 radical (unpaired) electrons. The molecule has 1 aliphatic heterocycles. The summed E-state index contributed by atoms with van der Waals surface area (Å²) in [4.78, 5) is 11.2. The molecule has 2 aromatic carbocycles. The Morgan fingerprint density at radius 3 is 2.07 bits per heavy atom. The van der Waals surface area contributed by atoms with E-state index in [1.54, 1.807) is 6.92 Å². The van der Waals surface area contributed by atoms with E-state index in [9.17, 15) is 4.79 Å². The summed E-state index contributed by atoms with van der Waals surface area (Å²) in [5.74, 6) is -0.330. The van der Waals surface area contributed by atoms with Crippen LogP contribution < -0.4 is 5.32 Å². The molecule has 3 rings (SSSR count). The third-order valence-corrected chi connectivity index (χ3v) is 4.49. The maximum atomic E-state index is 11.2. The van der Waals surface area contributed by atoms with Crippen LogP contribution in [0.5, 0.6) is 0 Å². The van der Waals surface area contributed by atoms with Crippen molar-refractivity contribution in [3.8, 4) is 0 Å². The number of benzene rings is 2. The normalized spacial score (nSPS) is 13.3. The fourth-order valence-corrected chi connectivity index (χ4v) is 2.89. The summed E-state index contributed by atoms with van der Waals surface area (Å²) < 4.78 is 4.81. The Kier molecular flexibility index (Phi) is 11.1. The molecule has 6 heteroatoms. The van der Waals surface area contributed by atoms with Crippen molar-refractivity contribution < 1.29 is 30.6 Å². The van der Waals surface area contributed by atoms with Crippen molar-refractivity contribution in [2.75, 3.05) is 19.7 Å². The van der Waals surface area contributed by atoms with Crippen LogP contribution in [-0.2, 0) is 43.2 Å². The molecule has 142 valence electrons. The van der Waals surface area contributed by atoms with Gasteiger partial charge in [-0.05, 0) is 19.9 Å². The minimum Gasteiger partial charge on any atom is -0.780 e. The van der Waals surface area contributed by atoms with Crippen LogP contribution in [0.3, 0.4) is 0 Å². The second kappa shape index (κ2) is 12.8. The number of carbonyl (C=O) groups is 1. The molecule has 2 aromatic rings.